The molecule has 1 aliphatic heterocycles. The third kappa shape index (κ3) is 7.63. The maximum atomic E-state index is 13.1. The second-order valence-corrected chi connectivity index (χ2v) is 9.38. The first-order valence-corrected chi connectivity index (χ1v) is 13.4. The van der Waals surface area contributed by atoms with Gasteiger partial charge in [-0.05, 0) is 48.5 Å². The maximum absolute atomic E-state index is 13.1. The Kier molecular flexibility index (Phi) is 9.40. The van der Waals surface area contributed by atoms with E-state index in [1.807, 2.05) is 0 Å². The van der Waals surface area contributed by atoms with Gasteiger partial charge in [0.1, 0.15) is 12.7 Å². The first-order chi connectivity index (χ1) is 21.0. The molecule has 1 fully saturated rings. The highest BCUT2D eigenvalue weighted by Crippen LogP contribution is 2.30. The van der Waals surface area contributed by atoms with Crippen molar-refractivity contribution < 1.29 is 42.9 Å². The van der Waals surface area contributed by atoms with Crippen LogP contribution in [0.25, 0.3) is 0 Å². The van der Waals surface area contributed by atoms with Crippen LogP contribution in [0.4, 0.5) is 10.5 Å². The molecule has 4 aromatic carbocycles. The van der Waals surface area contributed by atoms with Gasteiger partial charge in [-0.3, -0.25) is 5.32 Å². The molecule has 4 atom stereocenters. The van der Waals surface area contributed by atoms with Crippen molar-refractivity contribution in [2.24, 2.45) is 0 Å². The van der Waals surface area contributed by atoms with Gasteiger partial charge in [0.05, 0.1) is 16.7 Å². The van der Waals surface area contributed by atoms with Gasteiger partial charge in [-0.1, -0.05) is 72.8 Å². The number of hydrogen-bond acceptors (Lipinski definition) is 9. The highest BCUT2D eigenvalue weighted by molar-refractivity contribution is 5.91. The summed E-state index contributed by atoms with van der Waals surface area (Å²) in [5, 5.41) is 2.57. The van der Waals surface area contributed by atoms with Crippen LogP contribution in [0.5, 0.6) is 0 Å². The Hall–Kier alpha value is -5.48. The summed E-state index contributed by atoms with van der Waals surface area (Å²) >= 11 is 0. The molecule has 5 rings (SSSR count). The minimum atomic E-state index is -1.52. The lowest BCUT2D eigenvalue weighted by molar-refractivity contribution is -0.135. The van der Waals surface area contributed by atoms with Gasteiger partial charge in [0.15, 0.2) is 6.10 Å². The normalized spacial score (nSPS) is 19.1. The minimum absolute atomic E-state index is 0.210. The summed E-state index contributed by atoms with van der Waals surface area (Å²) in [6.07, 6.45) is -6.33. The second kappa shape index (κ2) is 13.9. The molecule has 0 aromatic heterocycles. The number of carbonyl (C=O) groups is 4. The van der Waals surface area contributed by atoms with E-state index in [1.165, 1.54) is 0 Å². The van der Waals surface area contributed by atoms with E-state index in [0.29, 0.717) is 11.3 Å². The van der Waals surface area contributed by atoms with Crippen molar-refractivity contribution in [3.63, 3.8) is 0 Å². The summed E-state index contributed by atoms with van der Waals surface area (Å²) in [7, 11) is 0. The Morgan fingerprint density at radius 2 is 1.00 bits per heavy atom. The first kappa shape index (κ1) is 29.0. The summed E-state index contributed by atoms with van der Waals surface area (Å²) in [6, 6.07) is 33.1. The predicted molar refractivity (Wildman–Crippen MR) is 153 cm³/mol. The van der Waals surface area contributed by atoms with Gasteiger partial charge in [-0.25, -0.2) is 19.2 Å². The standard InChI is InChI=1S/C33H27NO9/c35-29(22-13-5-1-6-14-22)39-21-26-27(41-30(36)23-15-7-2-8-16-23)28(42-31(37)24-17-9-3-10-18-24)32(40-26)43-33(38)34-25-19-11-4-12-20-25/h1-20,26-28,32H,21H2,(H,34,38)/t26-,27-,28-,32-/m0/s1. The molecule has 10 nitrogen and oxygen atoms in total. The third-order valence-electron chi connectivity index (χ3n) is 6.40. The van der Waals surface area contributed by atoms with Crippen LogP contribution in [0.3, 0.4) is 0 Å². The average Bonchev–Trinajstić information content (AvgIpc) is 3.35. The van der Waals surface area contributed by atoms with E-state index in [0.717, 1.165) is 0 Å². The summed E-state index contributed by atoms with van der Waals surface area (Å²) in [5.41, 5.74) is 1.17. The van der Waals surface area contributed by atoms with E-state index < -0.39 is 55.2 Å². The van der Waals surface area contributed by atoms with Gasteiger partial charge >= 0.3 is 24.0 Å². The molecule has 0 aliphatic carbocycles. The predicted octanol–water partition coefficient (Wildman–Crippen LogP) is 5.27. The van der Waals surface area contributed by atoms with E-state index in [-0.39, 0.29) is 11.1 Å². The Labute approximate surface area is 247 Å². The van der Waals surface area contributed by atoms with Crippen molar-refractivity contribution >= 4 is 29.7 Å². The van der Waals surface area contributed by atoms with Crippen LogP contribution in [0.1, 0.15) is 31.1 Å². The molecule has 0 bridgehead atoms. The second-order valence-electron chi connectivity index (χ2n) is 9.38. The molecule has 1 N–H and O–H groups in total. The number of amides is 1. The Balaban J connectivity index is 1.41. The zero-order valence-electron chi connectivity index (χ0n) is 22.7. The molecule has 0 spiro atoms. The van der Waals surface area contributed by atoms with Gasteiger partial charge in [0.2, 0.25) is 12.4 Å². The number of nitrogens with one attached hydrogen (secondary N) is 1. The fourth-order valence-electron chi connectivity index (χ4n) is 4.31. The van der Waals surface area contributed by atoms with E-state index in [9.17, 15) is 19.2 Å². The molecule has 10 heteroatoms. The monoisotopic (exact) mass is 581 g/mol. The van der Waals surface area contributed by atoms with Crippen molar-refractivity contribution in [3.05, 3.63) is 138 Å². The van der Waals surface area contributed by atoms with Crippen LogP contribution in [-0.2, 0) is 23.7 Å². The van der Waals surface area contributed by atoms with E-state index in [4.69, 9.17) is 23.7 Å². The largest absolute Gasteiger partial charge is 0.459 e. The van der Waals surface area contributed by atoms with Gasteiger partial charge in [0, 0.05) is 5.69 Å². The highest BCUT2D eigenvalue weighted by Gasteiger charge is 2.52. The molecule has 1 heterocycles. The first-order valence-electron chi connectivity index (χ1n) is 13.4. The van der Waals surface area contributed by atoms with E-state index >= 15 is 0 Å². The van der Waals surface area contributed by atoms with Crippen LogP contribution in [0, 0.1) is 0 Å². The van der Waals surface area contributed by atoms with Crippen LogP contribution in [0.15, 0.2) is 121 Å². The quantitative estimate of drug-likeness (QED) is 0.208. The topological polar surface area (TPSA) is 126 Å². The number of rotatable bonds is 9. The summed E-state index contributed by atoms with van der Waals surface area (Å²) in [5.74, 6) is -2.17. The molecule has 43 heavy (non-hydrogen) atoms. The smallest absolute Gasteiger partial charge is 0.414 e. The molecule has 1 amide bonds. The van der Waals surface area contributed by atoms with Gasteiger partial charge in [-0.15, -0.1) is 0 Å². The number of para-hydroxylation sites is 1. The zero-order valence-corrected chi connectivity index (χ0v) is 22.7. The molecular weight excluding hydrogens is 554 g/mol. The lowest BCUT2D eigenvalue weighted by Gasteiger charge is -2.24. The third-order valence-corrected chi connectivity index (χ3v) is 6.40. The molecule has 0 radical (unpaired) electrons. The summed E-state index contributed by atoms with van der Waals surface area (Å²) < 4.78 is 28.5. The summed E-state index contributed by atoms with van der Waals surface area (Å²) in [4.78, 5) is 51.8. The van der Waals surface area contributed by atoms with Crippen molar-refractivity contribution in [2.45, 2.75) is 24.6 Å². The molecule has 0 saturated carbocycles. The highest BCUT2D eigenvalue weighted by atomic mass is 16.8. The Morgan fingerprint density at radius 1 is 0.558 bits per heavy atom. The van der Waals surface area contributed by atoms with Crippen molar-refractivity contribution in [1.82, 2.24) is 0 Å². The van der Waals surface area contributed by atoms with Crippen LogP contribution >= 0.6 is 0 Å². The molecule has 1 saturated heterocycles. The molecular formula is C33H27NO9. The molecule has 0 unspecified atom stereocenters. The van der Waals surface area contributed by atoms with E-state index in [1.54, 1.807) is 121 Å². The molecule has 218 valence electrons. The van der Waals surface area contributed by atoms with Gasteiger partial charge in [0.25, 0.3) is 0 Å². The lowest BCUT2D eigenvalue weighted by Crippen LogP contribution is -2.43. The van der Waals surface area contributed by atoms with E-state index in [2.05, 4.69) is 5.32 Å². The van der Waals surface area contributed by atoms with Crippen LogP contribution in [0.2, 0.25) is 0 Å². The number of anilines is 1. The number of benzene rings is 4. The Morgan fingerprint density at radius 3 is 1.51 bits per heavy atom. The number of ether oxygens (including phenoxy) is 5. The fourth-order valence-corrected chi connectivity index (χ4v) is 4.31. The number of hydrogen-bond donors (Lipinski definition) is 1. The minimum Gasteiger partial charge on any atom is -0.459 e. The lowest BCUT2D eigenvalue weighted by atomic mass is 10.1. The summed E-state index contributed by atoms with van der Waals surface area (Å²) in [6.45, 7) is -0.403. The zero-order chi connectivity index (χ0) is 30.0. The van der Waals surface area contributed by atoms with Crippen molar-refractivity contribution in [3.8, 4) is 0 Å². The Bertz CT molecular complexity index is 1530. The SMILES string of the molecule is O=C(Nc1ccccc1)O[C@@H]1O[C@@H](COC(=O)c2ccccc2)[C@H](OC(=O)c2ccccc2)[C@@H]1OC(=O)c1ccccc1. The maximum Gasteiger partial charge on any atom is 0.414 e. The van der Waals surface area contributed by atoms with Crippen LogP contribution in [-0.4, -0.2) is 55.2 Å². The fraction of sp³-hybridized carbons (Fsp3) is 0.152. The van der Waals surface area contributed by atoms with Gasteiger partial charge < -0.3 is 23.7 Å². The van der Waals surface area contributed by atoms with Crippen molar-refractivity contribution in [2.75, 3.05) is 11.9 Å². The molecule has 4 aromatic rings. The number of carbonyl (C=O) groups excluding carboxylic acids is 4. The molecule has 1 aliphatic rings. The average molecular weight is 582 g/mol. The number of esters is 3. The van der Waals surface area contributed by atoms with Crippen LogP contribution < -0.4 is 5.32 Å². The van der Waals surface area contributed by atoms with Crippen molar-refractivity contribution in [1.29, 1.82) is 0 Å². The van der Waals surface area contributed by atoms with Gasteiger partial charge in [-0.2, -0.15) is 0 Å².